The van der Waals surface area contributed by atoms with Crippen LogP contribution in [0.4, 0.5) is 0 Å². The van der Waals surface area contributed by atoms with E-state index in [1.54, 1.807) is 19.1 Å². The summed E-state index contributed by atoms with van der Waals surface area (Å²) < 4.78 is 17.0. The Morgan fingerprint density at radius 3 is 2.96 bits per heavy atom. The maximum absolute atomic E-state index is 11.9. The highest BCUT2D eigenvalue weighted by atomic mass is 79.9. The fourth-order valence-corrected chi connectivity index (χ4v) is 2.90. The number of carbonyl (C=O) groups excluding carboxylic acids is 1. The molecule has 1 atom stereocenters. The first-order chi connectivity index (χ1) is 11.6. The van der Waals surface area contributed by atoms with Gasteiger partial charge in [-0.1, -0.05) is 28.1 Å². The van der Waals surface area contributed by atoms with Crippen LogP contribution in [0.3, 0.4) is 0 Å². The van der Waals surface area contributed by atoms with Crippen molar-refractivity contribution in [3.05, 3.63) is 52.1 Å². The molecule has 0 N–H and O–H groups in total. The van der Waals surface area contributed by atoms with E-state index in [1.807, 2.05) is 29.6 Å². The third kappa shape index (κ3) is 4.21. The summed E-state index contributed by atoms with van der Waals surface area (Å²) in [6.07, 6.45) is -0.648. The molecule has 2 heterocycles. The lowest BCUT2D eigenvalue weighted by molar-refractivity contribution is -0.152. The van der Waals surface area contributed by atoms with E-state index >= 15 is 0 Å². The third-order valence-electron chi connectivity index (χ3n) is 2.98. The Bertz CT molecular complexity index is 819. The van der Waals surface area contributed by atoms with Gasteiger partial charge in [0.15, 0.2) is 12.7 Å². The molecule has 0 aliphatic heterocycles. The van der Waals surface area contributed by atoms with Crippen molar-refractivity contribution < 1.29 is 18.7 Å². The Labute approximate surface area is 150 Å². The van der Waals surface area contributed by atoms with Crippen molar-refractivity contribution in [1.82, 2.24) is 10.2 Å². The van der Waals surface area contributed by atoms with Crippen LogP contribution in [0, 0.1) is 0 Å². The van der Waals surface area contributed by atoms with Gasteiger partial charge in [-0.2, -0.15) is 0 Å². The Kier molecular flexibility index (Phi) is 5.27. The van der Waals surface area contributed by atoms with Gasteiger partial charge in [-0.05, 0) is 36.6 Å². The average Bonchev–Trinajstić information content (AvgIpc) is 3.24. The molecule has 3 aromatic rings. The number of hydrogen-bond donors (Lipinski definition) is 0. The number of rotatable bonds is 6. The van der Waals surface area contributed by atoms with Crippen molar-refractivity contribution >= 4 is 33.2 Å². The Hall–Kier alpha value is -2.19. The summed E-state index contributed by atoms with van der Waals surface area (Å²) in [6.45, 7) is 1.47. The Balaban J connectivity index is 1.54. The molecular formula is C16H13BrN2O4S. The molecule has 0 saturated carbocycles. The molecule has 0 saturated heterocycles. The molecular weight excluding hydrogens is 396 g/mol. The van der Waals surface area contributed by atoms with E-state index in [0.717, 1.165) is 9.35 Å². The molecule has 1 aromatic carbocycles. The van der Waals surface area contributed by atoms with Crippen LogP contribution in [-0.4, -0.2) is 22.8 Å². The number of thiophene rings is 1. The number of halogens is 1. The van der Waals surface area contributed by atoms with Crippen molar-refractivity contribution in [2.24, 2.45) is 0 Å². The minimum atomic E-state index is -0.648. The molecule has 0 amide bonds. The number of carbonyl (C=O) groups is 1. The number of benzene rings is 1. The van der Waals surface area contributed by atoms with Gasteiger partial charge in [0.05, 0.1) is 4.88 Å². The van der Waals surface area contributed by atoms with Gasteiger partial charge in [0.2, 0.25) is 0 Å². The zero-order chi connectivity index (χ0) is 16.9. The average molecular weight is 409 g/mol. The first kappa shape index (κ1) is 16.7. The molecule has 0 unspecified atom stereocenters. The minimum absolute atomic E-state index is 0.202. The first-order valence-corrected chi connectivity index (χ1v) is 8.74. The lowest BCUT2D eigenvalue weighted by atomic mass is 10.3. The fraction of sp³-hybridized carbons (Fsp3) is 0.188. The van der Waals surface area contributed by atoms with Crippen molar-refractivity contribution in [2.75, 3.05) is 6.61 Å². The van der Waals surface area contributed by atoms with Crippen molar-refractivity contribution in [1.29, 1.82) is 0 Å². The topological polar surface area (TPSA) is 74.5 Å². The molecule has 24 heavy (non-hydrogen) atoms. The summed E-state index contributed by atoms with van der Waals surface area (Å²) in [4.78, 5) is 12.7. The number of nitrogens with zero attached hydrogens (tertiary/aromatic N) is 2. The molecule has 0 aliphatic carbocycles. The zero-order valence-corrected chi connectivity index (χ0v) is 15.0. The molecule has 0 fully saturated rings. The van der Waals surface area contributed by atoms with Gasteiger partial charge in [0, 0.05) is 4.47 Å². The van der Waals surface area contributed by atoms with E-state index in [9.17, 15) is 4.79 Å². The normalized spacial score (nSPS) is 11.9. The minimum Gasteiger partial charge on any atom is -0.482 e. The van der Waals surface area contributed by atoms with Crippen LogP contribution < -0.4 is 4.74 Å². The predicted octanol–water partition coefficient (Wildman–Crippen LogP) is 4.24. The second kappa shape index (κ2) is 7.59. The Morgan fingerprint density at radius 1 is 1.33 bits per heavy atom. The Morgan fingerprint density at radius 2 is 2.21 bits per heavy atom. The number of aromatic nitrogens is 2. The molecule has 6 nitrogen and oxygen atoms in total. The van der Waals surface area contributed by atoms with E-state index in [1.165, 1.54) is 11.3 Å². The predicted molar refractivity (Wildman–Crippen MR) is 91.8 cm³/mol. The van der Waals surface area contributed by atoms with Crippen molar-refractivity contribution in [3.63, 3.8) is 0 Å². The summed E-state index contributed by atoms with van der Waals surface area (Å²) in [7, 11) is 0. The summed E-state index contributed by atoms with van der Waals surface area (Å²) in [5.41, 5.74) is 0. The van der Waals surface area contributed by atoms with Gasteiger partial charge in [0.1, 0.15) is 5.75 Å². The number of hydrogen-bond acceptors (Lipinski definition) is 7. The standard InChI is InChI=1S/C16H13BrN2O4S/c1-10(15-18-19-16(23-15)13-6-3-7-24-13)22-14(20)9-21-12-5-2-4-11(17)8-12/h2-8,10H,9H2,1H3/t10-/m1/s1. The van der Waals surface area contributed by atoms with Gasteiger partial charge in [-0.3, -0.25) is 0 Å². The molecule has 0 bridgehead atoms. The van der Waals surface area contributed by atoms with Gasteiger partial charge in [0.25, 0.3) is 11.8 Å². The molecule has 3 rings (SSSR count). The van der Waals surface area contributed by atoms with E-state index in [-0.39, 0.29) is 12.5 Å². The maximum atomic E-state index is 11.9. The zero-order valence-electron chi connectivity index (χ0n) is 12.6. The molecule has 8 heteroatoms. The SMILES string of the molecule is C[C@@H](OC(=O)COc1cccc(Br)c1)c1nnc(-c2cccs2)o1. The van der Waals surface area contributed by atoms with Gasteiger partial charge >= 0.3 is 5.97 Å². The molecule has 124 valence electrons. The highest BCUT2D eigenvalue weighted by molar-refractivity contribution is 9.10. The second-order valence-corrected chi connectivity index (χ2v) is 6.66. The third-order valence-corrected chi connectivity index (χ3v) is 4.33. The summed E-state index contributed by atoms with van der Waals surface area (Å²) >= 11 is 4.83. The summed E-state index contributed by atoms with van der Waals surface area (Å²) in [5.74, 6) is 0.715. The van der Waals surface area contributed by atoms with E-state index in [4.69, 9.17) is 13.9 Å². The first-order valence-electron chi connectivity index (χ1n) is 7.07. The van der Waals surface area contributed by atoms with Crippen LogP contribution in [0.25, 0.3) is 10.8 Å². The van der Waals surface area contributed by atoms with E-state index in [2.05, 4.69) is 26.1 Å². The van der Waals surface area contributed by atoms with Crippen molar-refractivity contribution in [2.45, 2.75) is 13.0 Å². The van der Waals surface area contributed by atoms with Crippen LogP contribution in [0.15, 0.2) is 50.7 Å². The van der Waals surface area contributed by atoms with Crippen LogP contribution >= 0.6 is 27.3 Å². The molecule has 0 aliphatic rings. The lowest BCUT2D eigenvalue weighted by Crippen LogP contribution is -2.17. The summed E-state index contributed by atoms with van der Waals surface area (Å²) in [5, 5.41) is 9.80. The molecule has 0 radical (unpaired) electrons. The van der Waals surface area contributed by atoms with Gasteiger partial charge in [-0.15, -0.1) is 21.5 Å². The summed E-state index contributed by atoms with van der Waals surface area (Å²) in [6, 6.07) is 11.0. The van der Waals surface area contributed by atoms with Crippen LogP contribution in [0.2, 0.25) is 0 Å². The maximum Gasteiger partial charge on any atom is 0.344 e. The largest absolute Gasteiger partial charge is 0.482 e. The van der Waals surface area contributed by atoms with Crippen molar-refractivity contribution in [3.8, 4) is 16.5 Å². The number of esters is 1. The quantitative estimate of drug-likeness (QED) is 0.567. The second-order valence-electron chi connectivity index (χ2n) is 4.80. The highest BCUT2D eigenvalue weighted by Gasteiger charge is 2.19. The van der Waals surface area contributed by atoms with Crippen LogP contribution in [0.5, 0.6) is 5.75 Å². The molecule has 2 aromatic heterocycles. The molecule has 0 spiro atoms. The highest BCUT2D eigenvalue weighted by Crippen LogP contribution is 2.26. The van der Waals surface area contributed by atoms with E-state index in [0.29, 0.717) is 11.6 Å². The monoisotopic (exact) mass is 408 g/mol. The van der Waals surface area contributed by atoms with Gasteiger partial charge < -0.3 is 13.9 Å². The van der Waals surface area contributed by atoms with Gasteiger partial charge in [-0.25, -0.2) is 4.79 Å². The number of ether oxygens (including phenoxy) is 2. The fourth-order valence-electron chi connectivity index (χ4n) is 1.88. The smallest absolute Gasteiger partial charge is 0.344 e. The van der Waals surface area contributed by atoms with Crippen LogP contribution in [0.1, 0.15) is 18.9 Å². The van der Waals surface area contributed by atoms with E-state index < -0.39 is 12.1 Å². The van der Waals surface area contributed by atoms with Crippen LogP contribution in [-0.2, 0) is 9.53 Å². The lowest BCUT2D eigenvalue weighted by Gasteiger charge is -2.10.